The first-order chi connectivity index (χ1) is 10.1. The number of rotatable bonds is 2. The van der Waals surface area contributed by atoms with E-state index in [1.54, 1.807) is 26.8 Å². The largest absolute Gasteiger partial charge is 0.507 e. The number of phenols is 2. The molecule has 22 heavy (non-hydrogen) atoms. The highest BCUT2D eigenvalue weighted by molar-refractivity contribution is 7.91. The fourth-order valence-corrected chi connectivity index (χ4v) is 4.60. The van der Waals surface area contributed by atoms with Gasteiger partial charge in [0, 0.05) is 0 Å². The molecule has 0 atom stereocenters. The Labute approximate surface area is 131 Å². The van der Waals surface area contributed by atoms with Crippen LogP contribution in [0.1, 0.15) is 27.8 Å². The standard InChI is InChI=1S/C17H20O4S/c1-9-6-7-14(18)16(12(9)4)22(20,21)17-13(5)11(3)10(2)8-15(17)19/h6-8,18-19H,1-5H3. The average Bonchev–Trinajstić information content (AvgIpc) is 2.40. The Balaban J connectivity index is 2.90. The van der Waals surface area contributed by atoms with E-state index in [-0.39, 0.29) is 21.3 Å². The highest BCUT2D eigenvalue weighted by atomic mass is 32.2. The molecule has 0 aromatic heterocycles. The molecule has 4 nitrogen and oxygen atoms in total. The molecular weight excluding hydrogens is 300 g/mol. The first kappa shape index (κ1) is 16.4. The van der Waals surface area contributed by atoms with Crippen molar-refractivity contribution < 1.29 is 18.6 Å². The lowest BCUT2D eigenvalue weighted by Gasteiger charge is -2.17. The van der Waals surface area contributed by atoms with Gasteiger partial charge in [-0.15, -0.1) is 0 Å². The average molecular weight is 320 g/mol. The molecule has 118 valence electrons. The number of hydrogen-bond donors (Lipinski definition) is 2. The minimum absolute atomic E-state index is 0.139. The zero-order valence-electron chi connectivity index (χ0n) is 13.4. The molecule has 2 aromatic rings. The van der Waals surface area contributed by atoms with E-state index in [0.29, 0.717) is 11.1 Å². The van der Waals surface area contributed by atoms with Crippen LogP contribution in [0.3, 0.4) is 0 Å². The molecule has 0 spiro atoms. The minimum Gasteiger partial charge on any atom is -0.507 e. The van der Waals surface area contributed by atoms with Gasteiger partial charge in [0.2, 0.25) is 9.84 Å². The summed E-state index contributed by atoms with van der Waals surface area (Å²) in [4.78, 5) is -0.284. The summed E-state index contributed by atoms with van der Waals surface area (Å²) < 4.78 is 26.0. The van der Waals surface area contributed by atoms with Crippen LogP contribution in [0.4, 0.5) is 0 Å². The number of sulfone groups is 1. The van der Waals surface area contributed by atoms with Crippen molar-refractivity contribution in [2.75, 3.05) is 0 Å². The Morgan fingerprint density at radius 1 is 0.727 bits per heavy atom. The van der Waals surface area contributed by atoms with Gasteiger partial charge in [-0.1, -0.05) is 6.07 Å². The minimum atomic E-state index is -4.02. The molecule has 2 N–H and O–H groups in total. The van der Waals surface area contributed by atoms with E-state index >= 15 is 0 Å². The molecule has 5 heteroatoms. The van der Waals surface area contributed by atoms with E-state index in [1.165, 1.54) is 12.1 Å². The molecule has 2 rings (SSSR count). The van der Waals surface area contributed by atoms with E-state index < -0.39 is 9.84 Å². The number of aromatic hydroxyl groups is 2. The maximum Gasteiger partial charge on any atom is 0.214 e. The van der Waals surface area contributed by atoms with Gasteiger partial charge in [-0.25, -0.2) is 8.42 Å². The van der Waals surface area contributed by atoms with Crippen molar-refractivity contribution in [1.29, 1.82) is 0 Å². The Hall–Kier alpha value is -2.01. The van der Waals surface area contributed by atoms with Gasteiger partial charge in [0.25, 0.3) is 0 Å². The van der Waals surface area contributed by atoms with Crippen molar-refractivity contribution in [3.8, 4) is 11.5 Å². The maximum absolute atomic E-state index is 13.0. The molecule has 0 saturated carbocycles. The van der Waals surface area contributed by atoms with Crippen LogP contribution in [0.5, 0.6) is 11.5 Å². The van der Waals surface area contributed by atoms with Gasteiger partial charge in [-0.05, 0) is 74.6 Å². The van der Waals surface area contributed by atoms with Crippen molar-refractivity contribution in [2.45, 2.75) is 44.4 Å². The van der Waals surface area contributed by atoms with Crippen molar-refractivity contribution >= 4 is 9.84 Å². The third-order valence-electron chi connectivity index (χ3n) is 4.27. The Morgan fingerprint density at radius 3 is 1.86 bits per heavy atom. The number of aryl methyl sites for hydroxylation is 2. The van der Waals surface area contributed by atoms with Gasteiger partial charge in [0.15, 0.2) is 0 Å². The van der Waals surface area contributed by atoms with Crippen LogP contribution in [0.25, 0.3) is 0 Å². The molecule has 0 saturated heterocycles. The summed E-state index contributed by atoms with van der Waals surface area (Å²) in [6, 6.07) is 4.47. The summed E-state index contributed by atoms with van der Waals surface area (Å²) in [6.07, 6.45) is 0. The van der Waals surface area contributed by atoms with Crippen LogP contribution in [0.2, 0.25) is 0 Å². The molecule has 0 heterocycles. The van der Waals surface area contributed by atoms with Gasteiger partial charge < -0.3 is 10.2 Å². The third-order valence-corrected chi connectivity index (χ3v) is 6.38. The monoisotopic (exact) mass is 320 g/mol. The second-order valence-corrected chi connectivity index (χ2v) is 7.47. The fourth-order valence-electron chi connectivity index (χ4n) is 2.59. The molecule has 0 fully saturated rings. The second-order valence-electron chi connectivity index (χ2n) is 5.65. The quantitative estimate of drug-likeness (QED) is 0.888. The second kappa shape index (κ2) is 5.32. The van der Waals surface area contributed by atoms with E-state index in [0.717, 1.165) is 16.7 Å². The maximum atomic E-state index is 13.0. The Kier molecular flexibility index (Phi) is 3.96. The predicted octanol–water partition coefficient (Wildman–Crippen LogP) is 3.47. The van der Waals surface area contributed by atoms with Crippen molar-refractivity contribution in [3.63, 3.8) is 0 Å². The van der Waals surface area contributed by atoms with Gasteiger partial charge in [0.05, 0.1) is 0 Å². The summed E-state index contributed by atoms with van der Waals surface area (Å²) in [6.45, 7) is 8.72. The number of hydrogen-bond acceptors (Lipinski definition) is 4. The smallest absolute Gasteiger partial charge is 0.214 e. The van der Waals surface area contributed by atoms with Crippen LogP contribution in [0, 0.1) is 34.6 Å². The molecule has 2 aromatic carbocycles. The highest BCUT2D eigenvalue weighted by Crippen LogP contribution is 2.39. The van der Waals surface area contributed by atoms with Crippen LogP contribution in [-0.4, -0.2) is 18.6 Å². The molecule has 0 aliphatic carbocycles. The first-order valence-corrected chi connectivity index (χ1v) is 8.41. The predicted molar refractivity (Wildman–Crippen MR) is 85.4 cm³/mol. The van der Waals surface area contributed by atoms with E-state index in [4.69, 9.17) is 0 Å². The lowest BCUT2D eigenvalue weighted by Crippen LogP contribution is -2.09. The summed E-state index contributed by atoms with van der Waals surface area (Å²) in [5.74, 6) is -0.596. The van der Waals surface area contributed by atoms with Gasteiger partial charge in [-0.3, -0.25) is 0 Å². The Morgan fingerprint density at radius 2 is 1.27 bits per heavy atom. The van der Waals surface area contributed by atoms with Crippen molar-refractivity contribution in [3.05, 3.63) is 46.0 Å². The number of phenolic OH excluding ortho intramolecular Hbond substituents is 2. The summed E-state index contributed by atoms with van der Waals surface area (Å²) in [5.41, 5.74) is 3.37. The zero-order valence-corrected chi connectivity index (χ0v) is 14.2. The first-order valence-electron chi connectivity index (χ1n) is 6.93. The van der Waals surface area contributed by atoms with Gasteiger partial charge in [-0.2, -0.15) is 0 Å². The number of benzene rings is 2. The highest BCUT2D eigenvalue weighted by Gasteiger charge is 2.30. The lowest BCUT2D eigenvalue weighted by molar-refractivity contribution is 0.451. The van der Waals surface area contributed by atoms with Crippen molar-refractivity contribution in [1.82, 2.24) is 0 Å². The normalized spacial score (nSPS) is 11.7. The molecule has 0 aliphatic rings. The lowest BCUT2D eigenvalue weighted by atomic mass is 10.0. The van der Waals surface area contributed by atoms with E-state index in [1.807, 2.05) is 13.8 Å². The third kappa shape index (κ3) is 2.35. The van der Waals surface area contributed by atoms with Crippen LogP contribution < -0.4 is 0 Å². The van der Waals surface area contributed by atoms with E-state index in [2.05, 4.69) is 0 Å². The molecule has 0 radical (unpaired) electrons. The SMILES string of the molecule is Cc1cc(O)c(S(=O)(=O)c2c(O)ccc(C)c2C)c(C)c1C. The topological polar surface area (TPSA) is 74.6 Å². The molecule has 0 amide bonds. The van der Waals surface area contributed by atoms with Crippen LogP contribution >= 0.6 is 0 Å². The molecular formula is C17H20O4S. The van der Waals surface area contributed by atoms with Crippen molar-refractivity contribution in [2.24, 2.45) is 0 Å². The summed E-state index contributed by atoms with van der Waals surface area (Å²) in [5, 5.41) is 20.2. The molecule has 0 unspecified atom stereocenters. The van der Waals surface area contributed by atoms with Crippen LogP contribution in [0.15, 0.2) is 28.0 Å². The fraction of sp³-hybridized carbons (Fsp3) is 0.294. The Bertz CT molecular complexity index is 865. The molecule has 0 bridgehead atoms. The summed E-state index contributed by atoms with van der Waals surface area (Å²) >= 11 is 0. The van der Waals surface area contributed by atoms with Gasteiger partial charge in [0.1, 0.15) is 21.3 Å². The molecule has 0 aliphatic heterocycles. The summed E-state index contributed by atoms with van der Waals surface area (Å²) in [7, 11) is -4.02. The van der Waals surface area contributed by atoms with E-state index in [9.17, 15) is 18.6 Å². The van der Waals surface area contributed by atoms with Crippen LogP contribution in [-0.2, 0) is 9.84 Å². The zero-order chi connectivity index (χ0) is 16.8. The van der Waals surface area contributed by atoms with Gasteiger partial charge >= 0.3 is 0 Å².